The molecule has 0 bridgehead atoms. The van der Waals surface area contributed by atoms with Gasteiger partial charge in [0.25, 0.3) is 0 Å². The van der Waals surface area contributed by atoms with Gasteiger partial charge in [-0.2, -0.15) is 0 Å². The molecular formula is C13H16N4O. The molecule has 0 radical (unpaired) electrons. The lowest BCUT2D eigenvalue weighted by Crippen LogP contribution is -2.15. The zero-order valence-corrected chi connectivity index (χ0v) is 10.6. The Morgan fingerprint density at radius 3 is 2.72 bits per heavy atom. The fourth-order valence-corrected chi connectivity index (χ4v) is 1.82. The molecule has 18 heavy (non-hydrogen) atoms. The third-order valence-corrected chi connectivity index (χ3v) is 3.00. The number of aromatic nitrogens is 3. The maximum Gasteiger partial charge on any atom is 0.223 e. The third-order valence-electron chi connectivity index (χ3n) is 3.00. The van der Waals surface area contributed by atoms with E-state index in [9.17, 15) is 4.79 Å². The number of carbonyl (C=O) groups is 1. The normalized spacial score (nSPS) is 10.6. The minimum atomic E-state index is -0.388. The molecule has 1 aromatic carbocycles. The number of hydrogen-bond donors (Lipinski definition) is 1. The maximum atomic E-state index is 10.9. The molecule has 0 aliphatic carbocycles. The fraction of sp³-hybridized carbons (Fsp3) is 0.308. The Morgan fingerprint density at radius 1 is 1.33 bits per heavy atom. The Bertz CT molecular complexity index is 574. The highest BCUT2D eigenvalue weighted by Gasteiger charge is 2.11. The van der Waals surface area contributed by atoms with E-state index < -0.39 is 0 Å². The first-order valence-electron chi connectivity index (χ1n) is 5.79. The maximum absolute atomic E-state index is 10.9. The summed E-state index contributed by atoms with van der Waals surface area (Å²) in [7, 11) is 0. The van der Waals surface area contributed by atoms with Crippen LogP contribution in [0.4, 0.5) is 0 Å². The Kier molecular flexibility index (Phi) is 3.41. The zero-order valence-electron chi connectivity index (χ0n) is 10.6. The van der Waals surface area contributed by atoms with Crippen molar-refractivity contribution in [3.05, 3.63) is 46.8 Å². The summed E-state index contributed by atoms with van der Waals surface area (Å²) in [5.41, 5.74) is 9.10. The molecule has 1 amide bonds. The number of benzene rings is 1. The monoisotopic (exact) mass is 244 g/mol. The minimum Gasteiger partial charge on any atom is -0.369 e. The largest absolute Gasteiger partial charge is 0.369 e. The molecule has 0 aliphatic rings. The number of amides is 1. The van der Waals surface area contributed by atoms with Crippen LogP contribution < -0.4 is 5.73 Å². The number of hydrogen-bond acceptors (Lipinski definition) is 3. The SMILES string of the molecule is Cc1ccccc1Cn1nnc(CC(N)=O)c1C. The zero-order chi connectivity index (χ0) is 13.1. The molecule has 5 nitrogen and oxygen atoms in total. The van der Waals surface area contributed by atoms with E-state index in [-0.39, 0.29) is 12.3 Å². The van der Waals surface area contributed by atoms with Crippen molar-refractivity contribution < 1.29 is 4.79 Å². The van der Waals surface area contributed by atoms with E-state index in [0.29, 0.717) is 12.2 Å². The Labute approximate surface area is 106 Å². The van der Waals surface area contributed by atoms with Crippen molar-refractivity contribution in [2.45, 2.75) is 26.8 Å². The van der Waals surface area contributed by atoms with E-state index in [1.165, 1.54) is 11.1 Å². The predicted octanol–water partition coefficient (Wildman–Crippen LogP) is 0.971. The number of primary amides is 1. The van der Waals surface area contributed by atoms with Gasteiger partial charge in [0.1, 0.15) is 0 Å². The molecule has 2 aromatic rings. The lowest BCUT2D eigenvalue weighted by atomic mass is 10.1. The van der Waals surface area contributed by atoms with Crippen LogP contribution in [0, 0.1) is 13.8 Å². The van der Waals surface area contributed by atoms with Crippen LogP contribution in [-0.4, -0.2) is 20.9 Å². The average molecular weight is 244 g/mol. The van der Waals surface area contributed by atoms with Crippen molar-refractivity contribution in [3.63, 3.8) is 0 Å². The van der Waals surface area contributed by atoms with Gasteiger partial charge in [-0.3, -0.25) is 4.79 Å². The van der Waals surface area contributed by atoms with Gasteiger partial charge < -0.3 is 5.73 Å². The molecule has 5 heteroatoms. The van der Waals surface area contributed by atoms with Crippen LogP contribution >= 0.6 is 0 Å². The van der Waals surface area contributed by atoms with Crippen molar-refractivity contribution in [2.75, 3.05) is 0 Å². The van der Waals surface area contributed by atoms with Crippen LogP contribution in [0.25, 0.3) is 0 Å². The molecule has 2 rings (SSSR count). The van der Waals surface area contributed by atoms with E-state index in [2.05, 4.69) is 29.4 Å². The van der Waals surface area contributed by atoms with Crippen molar-refractivity contribution in [1.29, 1.82) is 0 Å². The van der Waals surface area contributed by atoms with Crippen molar-refractivity contribution in [3.8, 4) is 0 Å². The summed E-state index contributed by atoms with van der Waals surface area (Å²) in [4.78, 5) is 10.9. The third kappa shape index (κ3) is 2.56. The highest BCUT2D eigenvalue weighted by atomic mass is 16.1. The summed E-state index contributed by atoms with van der Waals surface area (Å²) in [6, 6.07) is 8.13. The highest BCUT2D eigenvalue weighted by Crippen LogP contribution is 2.11. The molecule has 0 spiro atoms. The average Bonchev–Trinajstić information content (AvgIpc) is 2.64. The van der Waals surface area contributed by atoms with Crippen molar-refractivity contribution in [2.24, 2.45) is 5.73 Å². The molecule has 0 fully saturated rings. The summed E-state index contributed by atoms with van der Waals surface area (Å²) < 4.78 is 1.79. The summed E-state index contributed by atoms with van der Waals surface area (Å²) in [5, 5.41) is 8.06. The van der Waals surface area contributed by atoms with E-state index in [1.807, 2.05) is 19.1 Å². The van der Waals surface area contributed by atoms with Crippen molar-refractivity contribution >= 4 is 5.91 Å². The molecule has 0 saturated carbocycles. The van der Waals surface area contributed by atoms with Gasteiger partial charge in [0.2, 0.25) is 5.91 Å². The van der Waals surface area contributed by atoms with Crippen LogP contribution in [0.1, 0.15) is 22.5 Å². The van der Waals surface area contributed by atoms with Crippen LogP contribution in [0.15, 0.2) is 24.3 Å². The van der Waals surface area contributed by atoms with Crippen LogP contribution in [-0.2, 0) is 17.8 Å². The summed E-state index contributed by atoms with van der Waals surface area (Å²) >= 11 is 0. The van der Waals surface area contributed by atoms with Gasteiger partial charge in [0.05, 0.1) is 24.4 Å². The van der Waals surface area contributed by atoms with Crippen LogP contribution in [0.5, 0.6) is 0 Å². The van der Waals surface area contributed by atoms with E-state index >= 15 is 0 Å². The summed E-state index contributed by atoms with van der Waals surface area (Å²) in [6.07, 6.45) is 0.138. The molecule has 0 aliphatic heterocycles. The topological polar surface area (TPSA) is 73.8 Å². The molecule has 0 atom stereocenters. The van der Waals surface area contributed by atoms with Crippen LogP contribution in [0.2, 0.25) is 0 Å². The highest BCUT2D eigenvalue weighted by molar-refractivity contribution is 5.76. The van der Waals surface area contributed by atoms with Crippen LogP contribution in [0.3, 0.4) is 0 Å². The Morgan fingerprint density at radius 2 is 2.06 bits per heavy atom. The number of nitrogens with two attached hydrogens (primary N) is 1. The second-order valence-electron chi connectivity index (χ2n) is 4.35. The van der Waals surface area contributed by atoms with Gasteiger partial charge in [0, 0.05) is 0 Å². The van der Waals surface area contributed by atoms with Gasteiger partial charge in [-0.1, -0.05) is 29.5 Å². The van der Waals surface area contributed by atoms with Gasteiger partial charge in [-0.15, -0.1) is 5.10 Å². The fourth-order valence-electron chi connectivity index (χ4n) is 1.82. The van der Waals surface area contributed by atoms with Gasteiger partial charge in [0.15, 0.2) is 0 Å². The number of rotatable bonds is 4. The van der Waals surface area contributed by atoms with Gasteiger partial charge >= 0.3 is 0 Å². The molecule has 0 saturated heterocycles. The first kappa shape index (κ1) is 12.3. The van der Waals surface area contributed by atoms with E-state index in [0.717, 1.165) is 5.69 Å². The quantitative estimate of drug-likeness (QED) is 0.871. The van der Waals surface area contributed by atoms with Gasteiger partial charge in [-0.25, -0.2) is 4.68 Å². The first-order chi connectivity index (χ1) is 8.58. The first-order valence-corrected chi connectivity index (χ1v) is 5.79. The molecular weight excluding hydrogens is 228 g/mol. The Hall–Kier alpha value is -2.17. The number of nitrogens with zero attached hydrogens (tertiary/aromatic N) is 3. The smallest absolute Gasteiger partial charge is 0.223 e. The number of aryl methyl sites for hydroxylation is 1. The van der Waals surface area contributed by atoms with Crippen molar-refractivity contribution in [1.82, 2.24) is 15.0 Å². The molecule has 0 unspecified atom stereocenters. The standard InChI is InChI=1S/C13H16N4O/c1-9-5-3-4-6-11(9)8-17-10(2)12(15-16-17)7-13(14)18/h3-6H,7-8H2,1-2H3,(H2,14,18). The summed E-state index contributed by atoms with van der Waals surface area (Å²) in [6.45, 7) is 4.62. The van der Waals surface area contributed by atoms with E-state index in [4.69, 9.17) is 5.73 Å². The minimum absolute atomic E-state index is 0.138. The summed E-state index contributed by atoms with van der Waals surface area (Å²) in [5.74, 6) is -0.388. The van der Waals surface area contributed by atoms with E-state index in [1.54, 1.807) is 4.68 Å². The number of carbonyl (C=O) groups excluding carboxylic acids is 1. The molecule has 2 N–H and O–H groups in total. The lowest BCUT2D eigenvalue weighted by Gasteiger charge is -2.06. The molecule has 1 heterocycles. The lowest BCUT2D eigenvalue weighted by molar-refractivity contribution is -0.117. The van der Waals surface area contributed by atoms with Gasteiger partial charge in [-0.05, 0) is 25.0 Å². The second-order valence-corrected chi connectivity index (χ2v) is 4.35. The molecule has 1 aromatic heterocycles. The predicted molar refractivity (Wildman–Crippen MR) is 67.9 cm³/mol. The second kappa shape index (κ2) is 5.00. The Balaban J connectivity index is 2.23. The molecule has 94 valence electrons.